The van der Waals surface area contributed by atoms with Gasteiger partial charge in [-0.25, -0.2) is 9.37 Å². The van der Waals surface area contributed by atoms with E-state index in [0.29, 0.717) is 30.5 Å². The Balaban J connectivity index is 0.00000272. The Labute approximate surface area is 188 Å². The zero-order valence-corrected chi connectivity index (χ0v) is 17.6. The molecule has 0 unspecified atom stereocenters. The lowest BCUT2D eigenvalue weighted by Crippen LogP contribution is -2.30. The van der Waals surface area contributed by atoms with E-state index in [0.717, 1.165) is 5.56 Å². The van der Waals surface area contributed by atoms with Gasteiger partial charge >= 0.3 is 5.70 Å². The van der Waals surface area contributed by atoms with Crippen molar-refractivity contribution in [1.29, 1.82) is 0 Å². The van der Waals surface area contributed by atoms with Crippen LogP contribution in [0, 0.1) is 15.9 Å². The van der Waals surface area contributed by atoms with Gasteiger partial charge in [-0.05, 0) is 35.9 Å². The van der Waals surface area contributed by atoms with Gasteiger partial charge < -0.3 is 9.32 Å². The predicted molar refractivity (Wildman–Crippen MR) is 118 cm³/mol. The molecule has 0 spiro atoms. The second-order valence-electron chi connectivity index (χ2n) is 6.58. The Morgan fingerprint density at radius 2 is 2.06 bits per heavy atom. The summed E-state index contributed by atoms with van der Waals surface area (Å²) in [4.78, 5) is 21.4. The number of nitrogens with zero attached hydrogens (tertiary/aromatic N) is 4. The van der Waals surface area contributed by atoms with Crippen LogP contribution in [0.1, 0.15) is 11.3 Å². The summed E-state index contributed by atoms with van der Waals surface area (Å²) in [6.07, 6.45) is 2.93. The molecule has 4 rings (SSSR count). The van der Waals surface area contributed by atoms with Crippen LogP contribution in [-0.4, -0.2) is 33.7 Å². The summed E-state index contributed by atoms with van der Waals surface area (Å²) in [5.41, 5.74) is 0.954. The number of pyridine rings is 1. The molecule has 1 aliphatic heterocycles. The molecule has 0 saturated heterocycles. The molecule has 31 heavy (non-hydrogen) atoms. The number of nitro groups is 1. The molecule has 0 bridgehead atoms. The molecule has 1 aromatic carbocycles. The van der Waals surface area contributed by atoms with E-state index in [4.69, 9.17) is 16.0 Å². The summed E-state index contributed by atoms with van der Waals surface area (Å²) in [7, 11) is 0. The van der Waals surface area contributed by atoms with Gasteiger partial charge in [0.25, 0.3) is 0 Å². The first-order valence-corrected chi connectivity index (χ1v) is 9.50. The van der Waals surface area contributed by atoms with Crippen molar-refractivity contribution < 1.29 is 13.7 Å². The standard InChI is InChI=1S/C21H16ClFN4O3.ClH/c22-20-8-5-14(12-25-20)13-26-10-9-24-21(26)18(27(28)29)11-15-6-7-19(30-15)16-3-1-2-4-17(16)23;/h1-8,11-12H,9-10,13H2;1H/b18-11+;. The Bertz CT molecular complexity index is 1150. The Hall–Kier alpha value is -3.23. The normalized spacial score (nSPS) is 13.7. The van der Waals surface area contributed by atoms with E-state index in [1.54, 1.807) is 47.5 Å². The highest BCUT2D eigenvalue weighted by molar-refractivity contribution is 6.29. The molecule has 0 amide bonds. The third-order valence-corrected chi connectivity index (χ3v) is 4.79. The molecule has 0 atom stereocenters. The summed E-state index contributed by atoms with van der Waals surface area (Å²) in [6, 6.07) is 12.8. The molecule has 1 aliphatic rings. The van der Waals surface area contributed by atoms with Crippen molar-refractivity contribution in [2.75, 3.05) is 13.1 Å². The monoisotopic (exact) mass is 462 g/mol. The molecule has 160 valence electrons. The van der Waals surface area contributed by atoms with Gasteiger partial charge in [-0.2, -0.15) is 0 Å². The van der Waals surface area contributed by atoms with Crippen LogP contribution < -0.4 is 0 Å². The molecular formula is C21H17Cl2FN4O3. The Morgan fingerprint density at radius 3 is 2.77 bits per heavy atom. The first kappa shape index (κ1) is 22.5. The zero-order valence-electron chi connectivity index (χ0n) is 16.1. The van der Waals surface area contributed by atoms with Crippen LogP contribution in [0.2, 0.25) is 5.15 Å². The lowest BCUT2D eigenvalue weighted by molar-refractivity contribution is -0.414. The fraction of sp³-hybridized carbons (Fsp3) is 0.143. The van der Waals surface area contributed by atoms with Gasteiger partial charge in [-0.3, -0.25) is 15.1 Å². The van der Waals surface area contributed by atoms with Gasteiger partial charge in [0.2, 0.25) is 5.84 Å². The van der Waals surface area contributed by atoms with Crippen LogP contribution in [0.15, 0.2) is 69.8 Å². The number of amidine groups is 1. The van der Waals surface area contributed by atoms with Crippen LogP contribution in [0.25, 0.3) is 17.4 Å². The van der Waals surface area contributed by atoms with Crippen LogP contribution in [-0.2, 0) is 6.54 Å². The van der Waals surface area contributed by atoms with Crippen molar-refractivity contribution in [1.82, 2.24) is 9.88 Å². The number of rotatable bonds is 6. The molecule has 3 heterocycles. The summed E-state index contributed by atoms with van der Waals surface area (Å²) < 4.78 is 19.6. The maximum absolute atomic E-state index is 14.0. The van der Waals surface area contributed by atoms with Crippen molar-refractivity contribution in [3.05, 3.63) is 92.8 Å². The average molecular weight is 463 g/mol. The molecule has 0 N–H and O–H groups in total. The number of aromatic nitrogens is 1. The van der Waals surface area contributed by atoms with E-state index in [1.165, 1.54) is 12.1 Å². The third kappa shape index (κ3) is 5.10. The van der Waals surface area contributed by atoms with Gasteiger partial charge in [0.05, 0.1) is 23.1 Å². The van der Waals surface area contributed by atoms with E-state index in [-0.39, 0.29) is 35.3 Å². The third-order valence-electron chi connectivity index (χ3n) is 4.56. The summed E-state index contributed by atoms with van der Waals surface area (Å²) >= 11 is 5.81. The van der Waals surface area contributed by atoms with Gasteiger partial charge in [0.15, 0.2) is 0 Å². The van der Waals surface area contributed by atoms with E-state index < -0.39 is 10.7 Å². The topological polar surface area (TPSA) is 84.8 Å². The second-order valence-corrected chi connectivity index (χ2v) is 6.97. The Morgan fingerprint density at radius 1 is 1.26 bits per heavy atom. The molecular weight excluding hydrogens is 446 g/mol. The first-order chi connectivity index (χ1) is 14.5. The summed E-state index contributed by atoms with van der Waals surface area (Å²) in [6.45, 7) is 1.40. The maximum Gasteiger partial charge on any atom is 0.314 e. The zero-order chi connectivity index (χ0) is 21.1. The molecule has 10 heteroatoms. The minimum atomic E-state index is -0.497. The van der Waals surface area contributed by atoms with E-state index in [1.807, 2.05) is 6.07 Å². The largest absolute Gasteiger partial charge is 0.456 e. The molecule has 0 fully saturated rings. The van der Waals surface area contributed by atoms with E-state index in [2.05, 4.69) is 9.98 Å². The highest BCUT2D eigenvalue weighted by atomic mass is 35.5. The molecule has 0 radical (unpaired) electrons. The molecule has 0 saturated carbocycles. The number of hydrogen-bond donors (Lipinski definition) is 0. The SMILES string of the molecule is Cl.O=[N+]([O-])/C(=C/c1ccc(-c2ccccc2F)o1)C1=NCCN1Cc1ccc(Cl)nc1. The van der Waals surface area contributed by atoms with Crippen molar-refractivity contribution in [2.24, 2.45) is 4.99 Å². The smallest absolute Gasteiger partial charge is 0.314 e. The molecule has 2 aromatic heterocycles. The minimum absolute atomic E-state index is 0. The van der Waals surface area contributed by atoms with E-state index >= 15 is 0 Å². The second kappa shape index (κ2) is 9.72. The number of hydrogen-bond acceptors (Lipinski definition) is 6. The van der Waals surface area contributed by atoms with Crippen LogP contribution in [0.3, 0.4) is 0 Å². The van der Waals surface area contributed by atoms with Crippen molar-refractivity contribution in [3.63, 3.8) is 0 Å². The molecule has 7 nitrogen and oxygen atoms in total. The van der Waals surface area contributed by atoms with Crippen LogP contribution >= 0.6 is 24.0 Å². The Kier molecular flexibility index (Phi) is 7.04. The predicted octanol–water partition coefficient (Wildman–Crippen LogP) is 5.09. The number of aliphatic imine (C=N–C) groups is 1. The summed E-state index contributed by atoms with van der Waals surface area (Å²) in [5.74, 6) is 0.362. The average Bonchev–Trinajstić information content (AvgIpc) is 3.37. The summed E-state index contributed by atoms with van der Waals surface area (Å²) in [5, 5.41) is 12.1. The lowest BCUT2D eigenvalue weighted by Gasteiger charge is -2.18. The number of benzene rings is 1. The van der Waals surface area contributed by atoms with Crippen LogP contribution in [0.5, 0.6) is 0 Å². The van der Waals surface area contributed by atoms with Gasteiger partial charge in [0, 0.05) is 19.3 Å². The number of halogens is 3. The van der Waals surface area contributed by atoms with Crippen molar-refractivity contribution in [3.8, 4) is 11.3 Å². The molecule has 3 aromatic rings. The van der Waals surface area contributed by atoms with Gasteiger partial charge in [-0.15, -0.1) is 12.4 Å². The van der Waals surface area contributed by atoms with Gasteiger partial charge in [-0.1, -0.05) is 29.8 Å². The molecule has 0 aliphatic carbocycles. The number of furan rings is 1. The minimum Gasteiger partial charge on any atom is -0.456 e. The van der Waals surface area contributed by atoms with Crippen molar-refractivity contribution in [2.45, 2.75) is 6.54 Å². The maximum atomic E-state index is 14.0. The van der Waals surface area contributed by atoms with E-state index in [9.17, 15) is 14.5 Å². The fourth-order valence-corrected chi connectivity index (χ4v) is 3.28. The highest BCUT2D eigenvalue weighted by Crippen LogP contribution is 2.26. The fourth-order valence-electron chi connectivity index (χ4n) is 3.17. The highest BCUT2D eigenvalue weighted by Gasteiger charge is 2.29. The lowest BCUT2D eigenvalue weighted by atomic mass is 10.1. The van der Waals surface area contributed by atoms with Gasteiger partial charge in [0.1, 0.15) is 22.5 Å². The van der Waals surface area contributed by atoms with Crippen LogP contribution in [0.4, 0.5) is 4.39 Å². The van der Waals surface area contributed by atoms with Crippen molar-refractivity contribution >= 4 is 35.9 Å². The quantitative estimate of drug-likeness (QED) is 0.289. The first-order valence-electron chi connectivity index (χ1n) is 9.12.